The monoisotopic (exact) mass is 439 g/mol. The fourth-order valence-electron chi connectivity index (χ4n) is 2.51. The second-order valence-corrected chi connectivity index (χ2v) is 7.72. The lowest BCUT2D eigenvalue weighted by atomic mass is 10.2. The van der Waals surface area contributed by atoms with Crippen molar-refractivity contribution >= 4 is 55.4 Å². The zero-order valence-electron chi connectivity index (χ0n) is 14.0. The number of para-hydroxylation sites is 1. The Morgan fingerprint density at radius 3 is 2.96 bits per heavy atom. The van der Waals surface area contributed by atoms with E-state index in [1.165, 1.54) is 17.4 Å². The van der Waals surface area contributed by atoms with Crippen molar-refractivity contribution in [3.05, 3.63) is 76.0 Å². The number of anilines is 1. The van der Waals surface area contributed by atoms with Crippen LogP contribution in [0.2, 0.25) is 0 Å². The molecule has 0 aliphatic heterocycles. The predicted octanol–water partition coefficient (Wildman–Crippen LogP) is 4.35. The number of thiazole rings is 1. The van der Waals surface area contributed by atoms with Crippen LogP contribution in [0.1, 0.15) is 10.6 Å². The number of halogens is 1. The van der Waals surface area contributed by atoms with Crippen LogP contribution in [0.25, 0.3) is 16.3 Å². The number of nitrogens with one attached hydrogen (secondary N) is 1. The normalized spacial score (nSPS) is 11.3. The second-order valence-electron chi connectivity index (χ2n) is 5.74. The molecule has 0 radical (unpaired) electrons. The van der Waals surface area contributed by atoms with E-state index in [4.69, 9.17) is 0 Å². The summed E-state index contributed by atoms with van der Waals surface area (Å²) in [6.07, 6.45) is 4.72. The van der Waals surface area contributed by atoms with Gasteiger partial charge in [-0.3, -0.25) is 10.1 Å². The molecule has 0 atom stereocenters. The summed E-state index contributed by atoms with van der Waals surface area (Å²) in [4.78, 5) is 20.7. The summed E-state index contributed by atoms with van der Waals surface area (Å²) in [5.74, 6) is -0.0293. The summed E-state index contributed by atoms with van der Waals surface area (Å²) in [6.45, 7) is 0.573. The van der Waals surface area contributed by atoms with E-state index in [2.05, 4.69) is 36.3 Å². The Kier molecular flexibility index (Phi) is 5.08. The number of aromatic nitrogens is 4. The molecule has 4 aromatic rings. The number of amides is 1. The molecular weight excluding hydrogens is 426 g/mol. The number of carbonyl (C=O) groups excluding carboxylic acids is 1. The lowest BCUT2D eigenvalue weighted by molar-refractivity contribution is -0.111. The Morgan fingerprint density at radius 1 is 1.22 bits per heavy atom. The third-order valence-corrected chi connectivity index (χ3v) is 5.19. The van der Waals surface area contributed by atoms with E-state index < -0.39 is 0 Å². The molecule has 6 nitrogen and oxygen atoms in total. The van der Waals surface area contributed by atoms with Crippen LogP contribution in [-0.2, 0) is 11.3 Å². The Labute approximate surface area is 167 Å². The average molecular weight is 440 g/mol. The molecule has 0 aliphatic rings. The van der Waals surface area contributed by atoms with Gasteiger partial charge in [-0.2, -0.15) is 0 Å². The molecule has 8 heteroatoms. The topological polar surface area (TPSA) is 72.7 Å². The number of rotatable bonds is 5. The summed E-state index contributed by atoms with van der Waals surface area (Å²) in [5, 5.41) is 7.72. The van der Waals surface area contributed by atoms with Crippen LogP contribution in [0.5, 0.6) is 0 Å². The summed E-state index contributed by atoms with van der Waals surface area (Å²) in [5.41, 5.74) is 2.01. The largest absolute Gasteiger partial charge is 0.290 e. The Balaban J connectivity index is 1.38. The molecule has 0 fully saturated rings. The summed E-state index contributed by atoms with van der Waals surface area (Å²) < 4.78 is 3.77. The van der Waals surface area contributed by atoms with Gasteiger partial charge < -0.3 is 0 Å². The Hall–Kier alpha value is -2.84. The van der Waals surface area contributed by atoms with Crippen molar-refractivity contribution in [3.8, 4) is 0 Å². The van der Waals surface area contributed by atoms with E-state index in [-0.39, 0.29) is 11.9 Å². The molecule has 0 spiro atoms. The standard InChI is InChI=1S/C19H14BrN5OS/c20-14-5-3-4-13(10-14)11-25-12-21-19(24-25)23-17(26)8-9-18-22-15-6-1-2-7-16(15)27-18/h1-10,12H,11H2,(H,23,24,26)/b9-8+. The Bertz CT molecular complexity index is 1100. The van der Waals surface area contributed by atoms with Gasteiger partial charge in [0.05, 0.1) is 16.8 Å². The van der Waals surface area contributed by atoms with Crippen molar-refractivity contribution in [2.24, 2.45) is 0 Å². The molecule has 1 N–H and O–H groups in total. The molecule has 27 heavy (non-hydrogen) atoms. The van der Waals surface area contributed by atoms with E-state index in [1.54, 1.807) is 17.1 Å². The highest BCUT2D eigenvalue weighted by Crippen LogP contribution is 2.22. The van der Waals surface area contributed by atoms with E-state index >= 15 is 0 Å². The number of hydrogen-bond acceptors (Lipinski definition) is 5. The fourth-order valence-corrected chi connectivity index (χ4v) is 3.83. The third-order valence-electron chi connectivity index (χ3n) is 3.69. The van der Waals surface area contributed by atoms with Gasteiger partial charge in [-0.15, -0.1) is 16.4 Å². The minimum atomic E-state index is -0.297. The zero-order valence-corrected chi connectivity index (χ0v) is 16.4. The number of fused-ring (bicyclic) bond motifs is 1. The summed E-state index contributed by atoms with van der Waals surface area (Å²) in [6, 6.07) is 15.8. The minimum Gasteiger partial charge on any atom is -0.290 e. The molecular formula is C19H14BrN5OS. The smallest absolute Gasteiger partial charge is 0.250 e. The second kappa shape index (κ2) is 7.81. The van der Waals surface area contributed by atoms with Gasteiger partial charge in [0.25, 0.3) is 5.91 Å². The van der Waals surface area contributed by atoms with Crippen LogP contribution < -0.4 is 5.32 Å². The zero-order chi connectivity index (χ0) is 18.6. The summed E-state index contributed by atoms with van der Waals surface area (Å²) in [7, 11) is 0. The number of carbonyl (C=O) groups is 1. The van der Waals surface area contributed by atoms with E-state index in [1.807, 2.05) is 48.5 Å². The predicted molar refractivity (Wildman–Crippen MR) is 111 cm³/mol. The average Bonchev–Trinajstić information content (AvgIpc) is 3.26. The maximum absolute atomic E-state index is 12.1. The molecule has 0 saturated heterocycles. The van der Waals surface area contributed by atoms with Crippen LogP contribution in [0, 0.1) is 0 Å². The first-order valence-electron chi connectivity index (χ1n) is 8.14. The van der Waals surface area contributed by atoms with Crippen LogP contribution in [0.4, 0.5) is 5.95 Å². The lowest BCUT2D eigenvalue weighted by Gasteiger charge is -2.01. The van der Waals surface area contributed by atoms with Crippen LogP contribution in [0.3, 0.4) is 0 Å². The van der Waals surface area contributed by atoms with E-state index in [0.717, 1.165) is 25.3 Å². The highest BCUT2D eigenvalue weighted by atomic mass is 79.9. The molecule has 0 bridgehead atoms. The SMILES string of the molecule is O=C(/C=C/c1nc2ccccc2s1)Nc1ncn(Cc2cccc(Br)c2)n1. The lowest BCUT2D eigenvalue weighted by Crippen LogP contribution is -2.10. The van der Waals surface area contributed by atoms with Gasteiger partial charge in [-0.05, 0) is 35.9 Å². The van der Waals surface area contributed by atoms with Gasteiger partial charge >= 0.3 is 0 Å². The van der Waals surface area contributed by atoms with Crippen LogP contribution in [-0.4, -0.2) is 25.7 Å². The molecule has 4 rings (SSSR count). The first kappa shape index (κ1) is 17.6. The molecule has 0 aliphatic carbocycles. The van der Waals surface area contributed by atoms with Gasteiger partial charge in [-0.1, -0.05) is 40.2 Å². The van der Waals surface area contributed by atoms with Crippen molar-refractivity contribution in [1.82, 2.24) is 19.7 Å². The highest BCUT2D eigenvalue weighted by molar-refractivity contribution is 9.10. The molecule has 2 aromatic heterocycles. The van der Waals surface area contributed by atoms with Gasteiger partial charge in [0.2, 0.25) is 5.95 Å². The van der Waals surface area contributed by atoms with Gasteiger partial charge in [0.15, 0.2) is 0 Å². The molecule has 1 amide bonds. The van der Waals surface area contributed by atoms with Gasteiger partial charge in [-0.25, -0.2) is 14.6 Å². The molecule has 2 heterocycles. The van der Waals surface area contributed by atoms with Gasteiger partial charge in [0.1, 0.15) is 11.3 Å². The van der Waals surface area contributed by atoms with Crippen molar-refractivity contribution in [2.45, 2.75) is 6.54 Å². The van der Waals surface area contributed by atoms with Crippen LogP contribution in [0.15, 0.2) is 65.4 Å². The number of nitrogens with zero attached hydrogens (tertiary/aromatic N) is 4. The maximum Gasteiger partial charge on any atom is 0.250 e. The minimum absolute atomic E-state index is 0.268. The third kappa shape index (κ3) is 4.47. The number of benzene rings is 2. The molecule has 134 valence electrons. The molecule has 0 saturated carbocycles. The quantitative estimate of drug-likeness (QED) is 0.469. The van der Waals surface area contributed by atoms with E-state index in [0.29, 0.717) is 6.54 Å². The van der Waals surface area contributed by atoms with Crippen molar-refractivity contribution < 1.29 is 4.79 Å². The van der Waals surface area contributed by atoms with E-state index in [9.17, 15) is 4.79 Å². The fraction of sp³-hybridized carbons (Fsp3) is 0.0526. The van der Waals surface area contributed by atoms with Crippen molar-refractivity contribution in [3.63, 3.8) is 0 Å². The molecule has 0 unspecified atom stereocenters. The number of hydrogen-bond donors (Lipinski definition) is 1. The highest BCUT2D eigenvalue weighted by Gasteiger charge is 2.06. The first-order chi connectivity index (χ1) is 13.2. The summed E-state index contributed by atoms with van der Waals surface area (Å²) >= 11 is 4.98. The first-order valence-corrected chi connectivity index (χ1v) is 9.75. The Morgan fingerprint density at radius 2 is 2.11 bits per heavy atom. The van der Waals surface area contributed by atoms with Crippen LogP contribution >= 0.6 is 27.3 Å². The van der Waals surface area contributed by atoms with Crippen molar-refractivity contribution in [1.29, 1.82) is 0 Å². The van der Waals surface area contributed by atoms with Crippen molar-refractivity contribution in [2.75, 3.05) is 5.32 Å². The molecule has 2 aromatic carbocycles. The maximum atomic E-state index is 12.1. The van der Waals surface area contributed by atoms with Gasteiger partial charge in [0, 0.05) is 10.5 Å².